The van der Waals surface area contributed by atoms with Crippen molar-refractivity contribution in [2.24, 2.45) is 0 Å². The maximum Gasteiger partial charge on any atom is 0.120 e. The number of aliphatic hydroxyl groups excluding tert-OH is 1. The van der Waals surface area contributed by atoms with Gasteiger partial charge in [0.1, 0.15) is 5.75 Å². The SMILES string of the molecule is CCCC(O)c1cccc(OC2CC2)c1. The Morgan fingerprint density at radius 3 is 2.93 bits per heavy atom. The van der Waals surface area contributed by atoms with Crippen molar-refractivity contribution < 1.29 is 9.84 Å². The third kappa shape index (κ3) is 2.96. The van der Waals surface area contributed by atoms with E-state index in [1.807, 2.05) is 24.3 Å². The van der Waals surface area contributed by atoms with Gasteiger partial charge in [-0.1, -0.05) is 25.5 Å². The summed E-state index contributed by atoms with van der Waals surface area (Å²) in [6, 6.07) is 7.82. The molecule has 0 radical (unpaired) electrons. The fourth-order valence-electron chi connectivity index (χ4n) is 1.61. The van der Waals surface area contributed by atoms with E-state index in [9.17, 15) is 5.11 Å². The van der Waals surface area contributed by atoms with Crippen molar-refractivity contribution in [3.05, 3.63) is 29.8 Å². The summed E-state index contributed by atoms with van der Waals surface area (Å²) < 4.78 is 5.68. The van der Waals surface area contributed by atoms with E-state index in [2.05, 4.69) is 6.92 Å². The molecule has 1 atom stereocenters. The van der Waals surface area contributed by atoms with Gasteiger partial charge in [0, 0.05) is 0 Å². The van der Waals surface area contributed by atoms with Gasteiger partial charge in [-0.3, -0.25) is 0 Å². The molecule has 2 heteroatoms. The van der Waals surface area contributed by atoms with Crippen molar-refractivity contribution in [1.29, 1.82) is 0 Å². The lowest BCUT2D eigenvalue weighted by molar-refractivity contribution is 0.166. The second kappa shape index (κ2) is 4.67. The molecule has 82 valence electrons. The highest BCUT2D eigenvalue weighted by Crippen LogP contribution is 2.29. The monoisotopic (exact) mass is 206 g/mol. The Balaban J connectivity index is 2.03. The molecule has 1 aromatic carbocycles. The molecule has 1 saturated carbocycles. The van der Waals surface area contributed by atoms with Crippen molar-refractivity contribution in [3.8, 4) is 5.75 Å². The van der Waals surface area contributed by atoms with E-state index in [0.717, 1.165) is 24.2 Å². The van der Waals surface area contributed by atoms with E-state index in [1.165, 1.54) is 12.8 Å². The predicted octanol–water partition coefficient (Wildman–Crippen LogP) is 3.06. The van der Waals surface area contributed by atoms with E-state index in [4.69, 9.17) is 4.74 Å². The van der Waals surface area contributed by atoms with Crippen LogP contribution in [0.2, 0.25) is 0 Å². The van der Waals surface area contributed by atoms with Crippen LogP contribution in [0.4, 0.5) is 0 Å². The Bertz CT molecular complexity index is 318. The highest BCUT2D eigenvalue weighted by Gasteiger charge is 2.23. The van der Waals surface area contributed by atoms with Crippen LogP contribution in [0, 0.1) is 0 Å². The molecule has 15 heavy (non-hydrogen) atoms. The number of aliphatic hydroxyl groups is 1. The summed E-state index contributed by atoms with van der Waals surface area (Å²) in [5, 5.41) is 9.84. The summed E-state index contributed by atoms with van der Waals surface area (Å²) in [6.45, 7) is 2.08. The molecule has 0 bridgehead atoms. The van der Waals surface area contributed by atoms with Gasteiger partial charge >= 0.3 is 0 Å². The van der Waals surface area contributed by atoms with Crippen molar-refractivity contribution in [3.63, 3.8) is 0 Å². The lowest BCUT2D eigenvalue weighted by atomic mass is 10.1. The van der Waals surface area contributed by atoms with Crippen LogP contribution in [0.15, 0.2) is 24.3 Å². The molecule has 0 heterocycles. The van der Waals surface area contributed by atoms with Gasteiger partial charge in [-0.15, -0.1) is 0 Å². The molecule has 1 aromatic rings. The zero-order valence-corrected chi connectivity index (χ0v) is 9.15. The molecule has 1 N–H and O–H groups in total. The molecule has 0 spiro atoms. The topological polar surface area (TPSA) is 29.5 Å². The van der Waals surface area contributed by atoms with Gasteiger partial charge in [-0.25, -0.2) is 0 Å². The molecule has 1 aliphatic carbocycles. The lowest BCUT2D eigenvalue weighted by Crippen LogP contribution is -1.99. The summed E-state index contributed by atoms with van der Waals surface area (Å²) in [5.74, 6) is 0.894. The normalized spacial score (nSPS) is 17.5. The second-order valence-electron chi connectivity index (χ2n) is 4.19. The van der Waals surface area contributed by atoms with Gasteiger partial charge in [0.25, 0.3) is 0 Å². The Morgan fingerprint density at radius 1 is 1.47 bits per heavy atom. The molecule has 0 saturated heterocycles. The van der Waals surface area contributed by atoms with Crippen LogP contribution in [0.25, 0.3) is 0 Å². The zero-order valence-electron chi connectivity index (χ0n) is 9.15. The van der Waals surface area contributed by atoms with Crippen LogP contribution in [-0.2, 0) is 0 Å². The molecule has 1 unspecified atom stereocenters. The Kier molecular flexibility index (Phi) is 3.27. The largest absolute Gasteiger partial charge is 0.490 e. The Hall–Kier alpha value is -1.02. The van der Waals surface area contributed by atoms with Crippen LogP contribution in [0.5, 0.6) is 5.75 Å². The molecule has 1 aliphatic rings. The zero-order chi connectivity index (χ0) is 10.7. The number of hydrogen-bond acceptors (Lipinski definition) is 2. The average molecular weight is 206 g/mol. The van der Waals surface area contributed by atoms with E-state index in [0.29, 0.717) is 6.10 Å². The number of hydrogen-bond donors (Lipinski definition) is 1. The highest BCUT2D eigenvalue weighted by molar-refractivity contribution is 5.30. The Labute approximate surface area is 90.9 Å². The van der Waals surface area contributed by atoms with E-state index >= 15 is 0 Å². The molecular formula is C13H18O2. The number of ether oxygens (including phenoxy) is 1. The summed E-state index contributed by atoms with van der Waals surface area (Å²) >= 11 is 0. The molecule has 1 fully saturated rings. The van der Waals surface area contributed by atoms with Crippen molar-refractivity contribution in [2.45, 2.75) is 44.8 Å². The van der Waals surface area contributed by atoms with Gasteiger partial charge in [0.05, 0.1) is 12.2 Å². The predicted molar refractivity (Wildman–Crippen MR) is 60.0 cm³/mol. The van der Waals surface area contributed by atoms with Crippen molar-refractivity contribution in [1.82, 2.24) is 0 Å². The maximum absolute atomic E-state index is 9.84. The van der Waals surface area contributed by atoms with Gasteiger partial charge < -0.3 is 9.84 Å². The quantitative estimate of drug-likeness (QED) is 0.802. The van der Waals surface area contributed by atoms with E-state index in [-0.39, 0.29) is 6.10 Å². The van der Waals surface area contributed by atoms with E-state index in [1.54, 1.807) is 0 Å². The molecular weight excluding hydrogens is 188 g/mol. The highest BCUT2D eigenvalue weighted by atomic mass is 16.5. The van der Waals surface area contributed by atoms with E-state index < -0.39 is 0 Å². The molecule has 0 aliphatic heterocycles. The van der Waals surface area contributed by atoms with Crippen LogP contribution >= 0.6 is 0 Å². The fourth-order valence-corrected chi connectivity index (χ4v) is 1.61. The Morgan fingerprint density at radius 2 is 2.27 bits per heavy atom. The first-order valence-electron chi connectivity index (χ1n) is 5.74. The molecule has 0 amide bonds. The third-order valence-electron chi connectivity index (χ3n) is 2.63. The number of benzene rings is 1. The second-order valence-corrected chi connectivity index (χ2v) is 4.19. The first-order valence-corrected chi connectivity index (χ1v) is 5.74. The van der Waals surface area contributed by atoms with Crippen LogP contribution < -0.4 is 4.74 Å². The van der Waals surface area contributed by atoms with Crippen LogP contribution in [-0.4, -0.2) is 11.2 Å². The summed E-state index contributed by atoms with van der Waals surface area (Å²) in [7, 11) is 0. The van der Waals surface area contributed by atoms with Crippen LogP contribution in [0.1, 0.15) is 44.3 Å². The maximum atomic E-state index is 9.84. The van der Waals surface area contributed by atoms with Crippen molar-refractivity contribution >= 4 is 0 Å². The standard InChI is InChI=1S/C13H18O2/c1-2-4-13(14)10-5-3-6-12(9-10)15-11-7-8-11/h3,5-6,9,11,13-14H,2,4,7-8H2,1H3. The minimum atomic E-state index is -0.349. The molecule has 2 rings (SSSR count). The fraction of sp³-hybridized carbons (Fsp3) is 0.538. The third-order valence-corrected chi connectivity index (χ3v) is 2.63. The molecule has 2 nitrogen and oxygen atoms in total. The van der Waals surface area contributed by atoms with Gasteiger partial charge in [-0.05, 0) is 37.0 Å². The molecule has 0 aromatic heterocycles. The minimum Gasteiger partial charge on any atom is -0.490 e. The lowest BCUT2D eigenvalue weighted by Gasteiger charge is -2.11. The minimum absolute atomic E-state index is 0.349. The smallest absolute Gasteiger partial charge is 0.120 e. The van der Waals surface area contributed by atoms with Gasteiger partial charge in [0.15, 0.2) is 0 Å². The average Bonchev–Trinajstić information content (AvgIpc) is 3.03. The van der Waals surface area contributed by atoms with Crippen LogP contribution in [0.3, 0.4) is 0 Å². The van der Waals surface area contributed by atoms with Crippen molar-refractivity contribution in [2.75, 3.05) is 0 Å². The first-order chi connectivity index (χ1) is 7.29. The summed E-state index contributed by atoms with van der Waals surface area (Å²) in [6.07, 6.45) is 4.21. The van der Waals surface area contributed by atoms with Gasteiger partial charge in [0.2, 0.25) is 0 Å². The summed E-state index contributed by atoms with van der Waals surface area (Å²) in [5.41, 5.74) is 0.968. The summed E-state index contributed by atoms with van der Waals surface area (Å²) in [4.78, 5) is 0. The number of rotatable bonds is 5. The first kappa shape index (κ1) is 10.5. The van der Waals surface area contributed by atoms with Gasteiger partial charge in [-0.2, -0.15) is 0 Å².